The van der Waals surface area contributed by atoms with E-state index in [1.165, 1.54) is 0 Å². The Labute approximate surface area is 213 Å². The van der Waals surface area contributed by atoms with Gasteiger partial charge in [-0.2, -0.15) is 0 Å². The van der Waals surface area contributed by atoms with Gasteiger partial charge in [-0.3, -0.25) is 14.0 Å². The van der Waals surface area contributed by atoms with Crippen LogP contribution in [0.5, 0.6) is 0 Å². The summed E-state index contributed by atoms with van der Waals surface area (Å²) in [5.74, 6) is 0. The Hall–Kier alpha value is -2.71. The zero-order valence-electron chi connectivity index (χ0n) is 21.7. The summed E-state index contributed by atoms with van der Waals surface area (Å²) < 4.78 is 22.6. The summed E-state index contributed by atoms with van der Waals surface area (Å²) in [5.41, 5.74) is 3.04. The summed E-state index contributed by atoms with van der Waals surface area (Å²) in [5, 5.41) is 0. The molecule has 0 heterocycles. The normalized spacial score (nSPS) is 11.3. The lowest BCUT2D eigenvalue weighted by Gasteiger charge is -2.47. The maximum Gasteiger partial charge on any atom is 0.360 e. The van der Waals surface area contributed by atoms with E-state index in [4.69, 9.17) is 0 Å². The highest BCUT2D eigenvalue weighted by atomic mass is 31.2. The topological polar surface area (TPSA) is 26.8 Å². The second kappa shape index (κ2) is 14.0. The molecule has 0 aliphatic carbocycles. The molecule has 35 heavy (non-hydrogen) atoms. The first-order chi connectivity index (χ1) is 17.2. The van der Waals surface area contributed by atoms with Gasteiger partial charge < -0.3 is 0 Å². The van der Waals surface area contributed by atoms with E-state index < -0.39 is 7.59 Å². The van der Waals surface area contributed by atoms with Gasteiger partial charge in [0, 0.05) is 36.7 Å². The van der Waals surface area contributed by atoms with Gasteiger partial charge in [-0.25, -0.2) is 4.57 Å². The van der Waals surface area contributed by atoms with Gasteiger partial charge in [0.25, 0.3) is 0 Å². The lowest BCUT2D eigenvalue weighted by molar-refractivity contribution is 0.558. The first-order valence-electron chi connectivity index (χ1n) is 13.3. The minimum atomic E-state index is -3.30. The molecule has 5 heteroatoms. The molecule has 188 valence electrons. The van der Waals surface area contributed by atoms with Crippen molar-refractivity contribution in [2.24, 2.45) is 0 Å². The van der Waals surface area contributed by atoms with Crippen molar-refractivity contribution in [2.75, 3.05) is 33.6 Å². The molecule has 0 saturated carbocycles. The highest BCUT2D eigenvalue weighted by molar-refractivity contribution is 7.68. The van der Waals surface area contributed by atoms with Crippen molar-refractivity contribution in [1.29, 1.82) is 0 Å². The Balaban J connectivity index is 2.28. The molecule has 0 unspecified atom stereocenters. The summed E-state index contributed by atoms with van der Waals surface area (Å²) in [6, 6.07) is 31.0. The molecule has 3 aromatic rings. The maximum atomic E-state index is 16.0. The lowest BCUT2D eigenvalue weighted by Crippen LogP contribution is -2.43. The van der Waals surface area contributed by atoms with Crippen molar-refractivity contribution < 1.29 is 4.57 Å². The number of benzene rings is 3. The van der Waals surface area contributed by atoms with Crippen LogP contribution in [0.15, 0.2) is 91.0 Å². The van der Waals surface area contributed by atoms with E-state index in [0.717, 1.165) is 75.2 Å². The van der Waals surface area contributed by atoms with E-state index in [1.54, 1.807) is 0 Å². The summed E-state index contributed by atoms with van der Waals surface area (Å²) in [6.07, 6.45) is 6.07. The van der Waals surface area contributed by atoms with E-state index >= 15 is 4.57 Å². The number of unbranched alkanes of at least 4 members (excludes halogenated alkanes) is 3. The third-order valence-electron chi connectivity index (χ3n) is 6.28. The van der Waals surface area contributed by atoms with Crippen molar-refractivity contribution in [1.82, 2.24) is 0 Å². The van der Waals surface area contributed by atoms with Gasteiger partial charge >= 0.3 is 7.59 Å². The Morgan fingerprint density at radius 1 is 0.486 bits per heavy atom. The number of nitrogens with zero attached hydrogens (tertiary/aromatic N) is 3. The summed E-state index contributed by atoms with van der Waals surface area (Å²) in [7, 11) is -3.30. The molecule has 0 fully saturated rings. The standard InChI is InChI=1S/C30H42N3OP/c1-4-7-25-31(28-19-13-10-14-20-28)35(34,32(26-8-5-2)29-21-15-11-16-22-29)33(27-9-6-3)30-23-17-12-18-24-30/h10-24H,4-9,25-27H2,1-3H3. The van der Waals surface area contributed by atoms with E-state index in [0.29, 0.717) is 0 Å². The molecule has 0 spiro atoms. The highest BCUT2D eigenvalue weighted by Crippen LogP contribution is 2.61. The largest absolute Gasteiger partial charge is 0.360 e. The van der Waals surface area contributed by atoms with Gasteiger partial charge in [0.15, 0.2) is 0 Å². The Morgan fingerprint density at radius 2 is 0.743 bits per heavy atom. The number of rotatable bonds is 15. The van der Waals surface area contributed by atoms with Gasteiger partial charge in [-0.1, -0.05) is 94.6 Å². The molecule has 4 nitrogen and oxygen atoms in total. The molecule has 0 atom stereocenters. The Morgan fingerprint density at radius 3 is 0.971 bits per heavy atom. The van der Waals surface area contributed by atoms with Crippen molar-refractivity contribution in [3.8, 4) is 0 Å². The monoisotopic (exact) mass is 491 g/mol. The number of hydrogen-bond acceptors (Lipinski definition) is 1. The van der Waals surface area contributed by atoms with Crippen LogP contribution < -0.4 is 14.0 Å². The van der Waals surface area contributed by atoms with E-state index in [9.17, 15) is 0 Å². The van der Waals surface area contributed by atoms with Crippen molar-refractivity contribution >= 4 is 24.7 Å². The van der Waals surface area contributed by atoms with Crippen LogP contribution in [0.1, 0.15) is 59.3 Å². The third kappa shape index (κ3) is 6.70. The smallest absolute Gasteiger partial charge is 0.290 e. The molecule has 0 radical (unpaired) electrons. The molecular weight excluding hydrogens is 449 g/mol. The Kier molecular flexibility index (Phi) is 10.8. The minimum Gasteiger partial charge on any atom is -0.290 e. The molecule has 0 aliphatic heterocycles. The molecule has 3 rings (SSSR count). The zero-order valence-corrected chi connectivity index (χ0v) is 22.6. The van der Waals surface area contributed by atoms with Crippen LogP contribution in [0.3, 0.4) is 0 Å². The fourth-order valence-corrected chi connectivity index (χ4v) is 7.63. The summed E-state index contributed by atoms with van der Waals surface area (Å²) in [4.78, 5) is 0. The number of para-hydroxylation sites is 3. The van der Waals surface area contributed by atoms with Gasteiger partial charge in [0.1, 0.15) is 0 Å². The van der Waals surface area contributed by atoms with E-state index in [-0.39, 0.29) is 0 Å². The summed E-state index contributed by atoms with van der Waals surface area (Å²) in [6.45, 7) is 8.82. The quantitative estimate of drug-likeness (QED) is 0.198. The first-order valence-corrected chi connectivity index (χ1v) is 14.8. The van der Waals surface area contributed by atoms with Crippen LogP contribution in [-0.4, -0.2) is 19.6 Å². The Bertz CT molecular complexity index is 882. The van der Waals surface area contributed by atoms with Crippen LogP contribution in [0, 0.1) is 0 Å². The average Bonchev–Trinajstić information content (AvgIpc) is 2.91. The van der Waals surface area contributed by atoms with Crippen LogP contribution in [0.4, 0.5) is 17.1 Å². The SMILES string of the molecule is CCCCN(c1ccccc1)P(=O)(N(CCCC)c1ccccc1)N(CCCC)c1ccccc1. The number of hydrogen-bond donors (Lipinski definition) is 0. The fourth-order valence-electron chi connectivity index (χ4n) is 4.34. The van der Waals surface area contributed by atoms with E-state index in [1.807, 2.05) is 18.2 Å². The highest BCUT2D eigenvalue weighted by Gasteiger charge is 2.43. The van der Waals surface area contributed by atoms with Crippen molar-refractivity contribution in [2.45, 2.75) is 59.3 Å². The van der Waals surface area contributed by atoms with Crippen molar-refractivity contribution in [3.05, 3.63) is 91.0 Å². The van der Waals surface area contributed by atoms with Gasteiger partial charge in [-0.05, 0) is 55.7 Å². The second-order valence-electron chi connectivity index (χ2n) is 8.95. The fraction of sp³-hybridized carbons (Fsp3) is 0.400. The van der Waals surface area contributed by atoms with E-state index in [2.05, 4.69) is 108 Å². The summed E-state index contributed by atoms with van der Waals surface area (Å²) >= 11 is 0. The predicted molar refractivity (Wildman–Crippen MR) is 154 cm³/mol. The average molecular weight is 492 g/mol. The lowest BCUT2D eigenvalue weighted by atomic mass is 10.3. The number of anilines is 3. The molecule has 0 bridgehead atoms. The van der Waals surface area contributed by atoms with Gasteiger partial charge in [0.2, 0.25) is 0 Å². The molecule has 0 saturated heterocycles. The second-order valence-corrected chi connectivity index (χ2v) is 11.4. The first kappa shape index (κ1) is 26.9. The molecule has 0 amide bonds. The predicted octanol–water partition coefficient (Wildman–Crippen LogP) is 9.01. The molecule has 3 aromatic carbocycles. The van der Waals surface area contributed by atoms with Crippen LogP contribution in [0.2, 0.25) is 0 Å². The van der Waals surface area contributed by atoms with Crippen molar-refractivity contribution in [3.63, 3.8) is 0 Å². The molecule has 0 aromatic heterocycles. The van der Waals surface area contributed by atoms with Crippen LogP contribution in [-0.2, 0) is 4.57 Å². The molecular formula is C30H42N3OP. The zero-order chi connectivity index (χ0) is 24.9. The van der Waals surface area contributed by atoms with Crippen LogP contribution >= 0.6 is 7.59 Å². The van der Waals surface area contributed by atoms with Gasteiger partial charge in [0.05, 0.1) is 0 Å². The maximum absolute atomic E-state index is 16.0. The third-order valence-corrected chi connectivity index (χ3v) is 9.46. The van der Waals surface area contributed by atoms with Gasteiger partial charge in [-0.15, -0.1) is 0 Å². The minimum absolute atomic E-state index is 0.739. The molecule has 0 N–H and O–H groups in total. The molecule has 0 aliphatic rings. The van der Waals surface area contributed by atoms with Crippen LogP contribution in [0.25, 0.3) is 0 Å².